The molecule has 0 radical (unpaired) electrons. The fraction of sp³-hybridized carbons (Fsp3) is 0.278. The molecule has 0 unspecified atom stereocenters. The molecule has 0 saturated carbocycles. The van der Waals surface area contributed by atoms with E-state index in [0.717, 1.165) is 30.6 Å². The van der Waals surface area contributed by atoms with Crippen molar-refractivity contribution in [1.29, 1.82) is 0 Å². The first kappa shape index (κ1) is 14.3. The Morgan fingerprint density at radius 2 is 1.95 bits per heavy atom. The minimum atomic E-state index is 0.0617. The Kier molecular flexibility index (Phi) is 4.94. The number of nitrogens with zero attached hydrogens (tertiary/aromatic N) is 1. The Balaban J connectivity index is 2.08. The first-order valence-corrected chi connectivity index (χ1v) is 7.15. The van der Waals surface area contributed by atoms with E-state index in [-0.39, 0.29) is 5.78 Å². The van der Waals surface area contributed by atoms with Gasteiger partial charge in [0.2, 0.25) is 5.78 Å². The van der Waals surface area contributed by atoms with E-state index in [1.165, 1.54) is 5.56 Å². The molecule has 0 aliphatic carbocycles. The molecule has 0 aliphatic rings. The van der Waals surface area contributed by atoms with E-state index in [1.54, 1.807) is 6.08 Å². The summed E-state index contributed by atoms with van der Waals surface area (Å²) in [6.07, 6.45) is 7.73. The van der Waals surface area contributed by atoms with Gasteiger partial charge in [-0.25, -0.2) is 0 Å². The summed E-state index contributed by atoms with van der Waals surface area (Å²) in [5.41, 5.74) is 3.04. The molecule has 0 spiro atoms. The van der Waals surface area contributed by atoms with E-state index >= 15 is 0 Å². The van der Waals surface area contributed by atoms with Gasteiger partial charge in [0.15, 0.2) is 0 Å². The minimum absolute atomic E-state index is 0.0617. The van der Waals surface area contributed by atoms with Crippen LogP contribution in [0.15, 0.2) is 48.7 Å². The van der Waals surface area contributed by atoms with E-state index in [1.807, 2.05) is 53.2 Å². The summed E-state index contributed by atoms with van der Waals surface area (Å²) in [7, 11) is 0. The van der Waals surface area contributed by atoms with Gasteiger partial charge in [0.25, 0.3) is 0 Å². The third-order valence-corrected chi connectivity index (χ3v) is 3.34. The minimum Gasteiger partial charge on any atom is -0.345 e. The fourth-order valence-electron chi connectivity index (χ4n) is 2.10. The van der Waals surface area contributed by atoms with Crippen molar-refractivity contribution in [3.8, 4) is 0 Å². The molecule has 1 heterocycles. The largest absolute Gasteiger partial charge is 0.345 e. The van der Waals surface area contributed by atoms with Crippen molar-refractivity contribution < 1.29 is 4.79 Å². The Bertz CT molecular complexity index is 590. The quantitative estimate of drug-likeness (QED) is 0.558. The highest BCUT2D eigenvalue weighted by molar-refractivity contribution is 6.05. The number of carbonyl (C=O) groups is 1. The van der Waals surface area contributed by atoms with Crippen LogP contribution in [-0.2, 0) is 6.54 Å². The van der Waals surface area contributed by atoms with E-state index in [4.69, 9.17) is 0 Å². The standard InChI is InChI=1S/C18H21NO/c1-3-4-13-19-14-5-6-17(19)18(20)12-11-16-9-7-15(2)8-10-16/h5-12,14H,3-4,13H2,1-2H3/b12-11+. The molecule has 0 N–H and O–H groups in total. The van der Waals surface area contributed by atoms with E-state index in [0.29, 0.717) is 0 Å². The van der Waals surface area contributed by atoms with Crippen molar-refractivity contribution in [3.63, 3.8) is 0 Å². The van der Waals surface area contributed by atoms with Crippen LogP contribution in [0, 0.1) is 6.92 Å². The Labute approximate surface area is 120 Å². The lowest BCUT2D eigenvalue weighted by atomic mass is 10.1. The zero-order valence-electron chi connectivity index (χ0n) is 12.2. The third kappa shape index (κ3) is 3.70. The van der Waals surface area contributed by atoms with Crippen LogP contribution in [0.3, 0.4) is 0 Å². The monoisotopic (exact) mass is 267 g/mol. The number of unbranched alkanes of at least 4 members (excludes halogenated alkanes) is 1. The zero-order chi connectivity index (χ0) is 14.4. The SMILES string of the molecule is CCCCn1cccc1C(=O)/C=C/c1ccc(C)cc1. The van der Waals surface area contributed by atoms with Crippen molar-refractivity contribution in [1.82, 2.24) is 4.57 Å². The van der Waals surface area contributed by atoms with Crippen molar-refractivity contribution in [2.45, 2.75) is 33.2 Å². The van der Waals surface area contributed by atoms with Gasteiger partial charge >= 0.3 is 0 Å². The molecule has 0 fully saturated rings. The Hall–Kier alpha value is -2.09. The summed E-state index contributed by atoms with van der Waals surface area (Å²) >= 11 is 0. The van der Waals surface area contributed by atoms with Crippen LogP contribution >= 0.6 is 0 Å². The predicted molar refractivity (Wildman–Crippen MR) is 83.9 cm³/mol. The molecule has 0 aliphatic heterocycles. The number of hydrogen-bond donors (Lipinski definition) is 0. The zero-order valence-corrected chi connectivity index (χ0v) is 12.2. The summed E-state index contributed by atoms with van der Waals surface area (Å²) in [5.74, 6) is 0.0617. The van der Waals surface area contributed by atoms with Crippen LogP contribution in [-0.4, -0.2) is 10.4 Å². The number of ketones is 1. The van der Waals surface area contributed by atoms with Crippen LogP contribution in [0.2, 0.25) is 0 Å². The van der Waals surface area contributed by atoms with Gasteiger partial charge in [-0.1, -0.05) is 49.2 Å². The van der Waals surface area contributed by atoms with Gasteiger partial charge in [0, 0.05) is 12.7 Å². The summed E-state index contributed by atoms with van der Waals surface area (Å²) in [6, 6.07) is 12.0. The maximum Gasteiger partial charge on any atom is 0.202 e. The second-order valence-electron chi connectivity index (χ2n) is 5.05. The highest BCUT2D eigenvalue weighted by Gasteiger charge is 2.07. The van der Waals surface area contributed by atoms with Crippen LogP contribution < -0.4 is 0 Å². The maximum absolute atomic E-state index is 12.2. The number of aryl methyl sites for hydroxylation is 2. The van der Waals surface area contributed by atoms with Gasteiger partial charge in [0.1, 0.15) is 0 Å². The van der Waals surface area contributed by atoms with Crippen molar-refractivity contribution in [2.24, 2.45) is 0 Å². The lowest BCUT2D eigenvalue weighted by molar-refractivity contribution is 0.103. The molecule has 104 valence electrons. The molecule has 20 heavy (non-hydrogen) atoms. The van der Waals surface area contributed by atoms with Crippen LogP contribution in [0.5, 0.6) is 0 Å². The molecule has 2 heteroatoms. The molecule has 0 bridgehead atoms. The summed E-state index contributed by atoms with van der Waals surface area (Å²) in [5, 5.41) is 0. The maximum atomic E-state index is 12.2. The summed E-state index contributed by atoms with van der Waals surface area (Å²) in [4.78, 5) is 12.2. The predicted octanol–water partition coefficient (Wildman–Crippen LogP) is 4.49. The van der Waals surface area contributed by atoms with Crippen molar-refractivity contribution >= 4 is 11.9 Å². The second kappa shape index (κ2) is 6.90. The van der Waals surface area contributed by atoms with Gasteiger partial charge in [-0.3, -0.25) is 4.79 Å². The van der Waals surface area contributed by atoms with Gasteiger partial charge in [-0.2, -0.15) is 0 Å². The molecule has 2 rings (SSSR count). The van der Waals surface area contributed by atoms with E-state index < -0.39 is 0 Å². The van der Waals surface area contributed by atoms with Gasteiger partial charge < -0.3 is 4.57 Å². The number of carbonyl (C=O) groups excluding carboxylic acids is 1. The molecule has 2 aromatic rings. The Morgan fingerprint density at radius 3 is 2.65 bits per heavy atom. The van der Waals surface area contributed by atoms with E-state index in [9.17, 15) is 4.79 Å². The lowest BCUT2D eigenvalue weighted by Crippen LogP contribution is -2.06. The number of rotatable bonds is 6. The van der Waals surface area contributed by atoms with Crippen molar-refractivity contribution in [3.05, 3.63) is 65.5 Å². The first-order chi connectivity index (χ1) is 9.70. The van der Waals surface area contributed by atoms with Gasteiger partial charge in [-0.15, -0.1) is 0 Å². The summed E-state index contributed by atoms with van der Waals surface area (Å²) in [6.45, 7) is 5.12. The average Bonchev–Trinajstić information content (AvgIpc) is 2.92. The van der Waals surface area contributed by atoms with Gasteiger partial charge in [-0.05, 0) is 37.1 Å². The molecule has 0 atom stereocenters. The topological polar surface area (TPSA) is 22.0 Å². The fourth-order valence-corrected chi connectivity index (χ4v) is 2.10. The molecule has 1 aromatic carbocycles. The Morgan fingerprint density at radius 1 is 1.20 bits per heavy atom. The smallest absolute Gasteiger partial charge is 0.202 e. The average molecular weight is 267 g/mol. The van der Waals surface area contributed by atoms with Gasteiger partial charge in [0.05, 0.1) is 5.69 Å². The van der Waals surface area contributed by atoms with Crippen molar-refractivity contribution in [2.75, 3.05) is 0 Å². The van der Waals surface area contributed by atoms with Crippen LogP contribution in [0.4, 0.5) is 0 Å². The number of benzene rings is 1. The number of allylic oxidation sites excluding steroid dienone is 1. The third-order valence-electron chi connectivity index (χ3n) is 3.34. The number of hydrogen-bond acceptors (Lipinski definition) is 1. The highest BCUT2D eigenvalue weighted by atomic mass is 16.1. The molecule has 0 amide bonds. The normalized spacial score (nSPS) is 11.1. The molecule has 0 saturated heterocycles. The first-order valence-electron chi connectivity index (χ1n) is 7.15. The summed E-state index contributed by atoms with van der Waals surface area (Å²) < 4.78 is 2.03. The molecule has 2 nitrogen and oxygen atoms in total. The van der Waals surface area contributed by atoms with Crippen LogP contribution in [0.1, 0.15) is 41.4 Å². The van der Waals surface area contributed by atoms with Crippen LogP contribution in [0.25, 0.3) is 6.08 Å². The second-order valence-corrected chi connectivity index (χ2v) is 5.05. The molecule has 1 aromatic heterocycles. The molecular weight excluding hydrogens is 246 g/mol. The lowest BCUT2D eigenvalue weighted by Gasteiger charge is -2.05. The molecular formula is C18H21NO. The number of aromatic nitrogens is 1. The van der Waals surface area contributed by atoms with E-state index in [2.05, 4.69) is 13.8 Å². The highest BCUT2D eigenvalue weighted by Crippen LogP contribution is 2.09.